The van der Waals surface area contributed by atoms with Crippen LogP contribution in [-0.2, 0) is 0 Å². The van der Waals surface area contributed by atoms with E-state index >= 15 is 0 Å². The predicted molar refractivity (Wildman–Crippen MR) is 127 cm³/mol. The SMILES string of the molecule is CC(C)Oc1ccc(-n2c(C(=O)O)c(Cl)c3cc(Sc4ccc(Cl)cc4)ccc32)cc1. The van der Waals surface area contributed by atoms with Gasteiger partial charge < -0.3 is 14.4 Å². The van der Waals surface area contributed by atoms with Gasteiger partial charge in [0.25, 0.3) is 0 Å². The molecule has 0 atom stereocenters. The number of ether oxygens (including phenoxy) is 1. The maximum atomic E-state index is 12.1. The van der Waals surface area contributed by atoms with E-state index in [-0.39, 0.29) is 16.8 Å². The Labute approximate surface area is 194 Å². The van der Waals surface area contributed by atoms with Crippen LogP contribution in [0.4, 0.5) is 0 Å². The molecule has 4 nitrogen and oxygen atoms in total. The van der Waals surface area contributed by atoms with Gasteiger partial charge in [0.05, 0.1) is 16.6 Å². The summed E-state index contributed by atoms with van der Waals surface area (Å²) >= 11 is 14.1. The molecule has 158 valence electrons. The number of carboxylic acid groups (broad SMARTS) is 1. The quantitative estimate of drug-likeness (QED) is 0.314. The summed E-state index contributed by atoms with van der Waals surface area (Å²) < 4.78 is 7.36. The molecule has 0 spiro atoms. The van der Waals surface area contributed by atoms with E-state index in [9.17, 15) is 9.90 Å². The van der Waals surface area contributed by atoms with E-state index in [2.05, 4.69) is 0 Å². The van der Waals surface area contributed by atoms with Gasteiger partial charge in [-0.25, -0.2) is 4.79 Å². The minimum absolute atomic E-state index is 0.0304. The van der Waals surface area contributed by atoms with Crippen LogP contribution < -0.4 is 4.74 Å². The lowest BCUT2D eigenvalue weighted by atomic mass is 10.2. The van der Waals surface area contributed by atoms with Crippen molar-refractivity contribution in [2.45, 2.75) is 29.7 Å². The molecule has 1 heterocycles. The minimum atomic E-state index is -1.09. The molecule has 3 aromatic carbocycles. The number of aromatic carboxylic acids is 1. The molecule has 0 aliphatic rings. The van der Waals surface area contributed by atoms with Crippen molar-refractivity contribution in [1.82, 2.24) is 4.57 Å². The molecule has 0 fully saturated rings. The summed E-state index contributed by atoms with van der Waals surface area (Å²) in [6.07, 6.45) is 0.0545. The maximum absolute atomic E-state index is 12.1. The number of benzene rings is 3. The molecule has 0 aliphatic heterocycles. The summed E-state index contributed by atoms with van der Waals surface area (Å²) in [5, 5.41) is 11.4. The molecule has 0 radical (unpaired) electrons. The van der Waals surface area contributed by atoms with E-state index < -0.39 is 5.97 Å². The van der Waals surface area contributed by atoms with Gasteiger partial charge in [-0.1, -0.05) is 35.0 Å². The van der Waals surface area contributed by atoms with Crippen molar-refractivity contribution in [3.63, 3.8) is 0 Å². The van der Waals surface area contributed by atoms with E-state index in [4.69, 9.17) is 27.9 Å². The molecule has 0 unspecified atom stereocenters. The number of rotatable bonds is 6. The highest BCUT2D eigenvalue weighted by Gasteiger charge is 2.23. The third-order valence-electron chi connectivity index (χ3n) is 4.60. The van der Waals surface area contributed by atoms with Gasteiger partial charge in [-0.3, -0.25) is 0 Å². The molecule has 1 N–H and O–H groups in total. The number of hydrogen-bond acceptors (Lipinski definition) is 3. The van der Waals surface area contributed by atoms with Crippen molar-refractivity contribution in [2.75, 3.05) is 0 Å². The Bertz CT molecular complexity index is 1250. The standard InChI is InChI=1S/C24H19Cl2NO3S/c1-14(2)30-17-7-5-16(6-8-17)27-21-12-11-19(31-18-9-3-15(25)4-10-18)13-20(21)22(26)23(27)24(28)29/h3-14H,1-2H3,(H,28,29). The molecule has 1 aromatic heterocycles. The fourth-order valence-electron chi connectivity index (χ4n) is 3.34. The lowest BCUT2D eigenvalue weighted by Gasteiger charge is -2.12. The average molecular weight is 472 g/mol. The fraction of sp³-hybridized carbons (Fsp3) is 0.125. The van der Waals surface area contributed by atoms with Crippen LogP contribution in [0.3, 0.4) is 0 Å². The zero-order chi connectivity index (χ0) is 22.1. The van der Waals surface area contributed by atoms with E-state index in [1.54, 1.807) is 16.3 Å². The molecule has 4 aromatic rings. The van der Waals surface area contributed by atoms with Crippen LogP contribution in [0.1, 0.15) is 24.3 Å². The second-order valence-corrected chi connectivity index (χ2v) is 9.16. The first-order chi connectivity index (χ1) is 14.8. The van der Waals surface area contributed by atoms with Crippen molar-refractivity contribution in [3.05, 3.63) is 82.5 Å². The first-order valence-electron chi connectivity index (χ1n) is 9.61. The average Bonchev–Trinajstić information content (AvgIpc) is 3.02. The molecule has 0 saturated heterocycles. The van der Waals surface area contributed by atoms with Gasteiger partial charge >= 0.3 is 5.97 Å². The van der Waals surface area contributed by atoms with Crippen LogP contribution in [0, 0.1) is 0 Å². The summed E-state index contributed by atoms with van der Waals surface area (Å²) in [7, 11) is 0. The van der Waals surface area contributed by atoms with Crippen molar-refractivity contribution in [1.29, 1.82) is 0 Å². The number of fused-ring (bicyclic) bond motifs is 1. The van der Waals surface area contributed by atoms with Gasteiger partial charge in [-0.2, -0.15) is 0 Å². The van der Waals surface area contributed by atoms with E-state index in [0.29, 0.717) is 16.1 Å². The first-order valence-corrected chi connectivity index (χ1v) is 11.2. The highest BCUT2D eigenvalue weighted by molar-refractivity contribution is 7.99. The van der Waals surface area contributed by atoms with Crippen LogP contribution in [0.25, 0.3) is 16.6 Å². The lowest BCUT2D eigenvalue weighted by Crippen LogP contribution is -2.08. The summed E-state index contributed by atoms with van der Waals surface area (Å²) in [5.41, 5.74) is 1.45. The van der Waals surface area contributed by atoms with Crippen LogP contribution in [-0.4, -0.2) is 21.7 Å². The Morgan fingerprint density at radius 2 is 1.61 bits per heavy atom. The Hall–Kier alpha value is -2.60. The van der Waals surface area contributed by atoms with Gasteiger partial charge in [0.2, 0.25) is 0 Å². The van der Waals surface area contributed by atoms with Crippen molar-refractivity contribution in [3.8, 4) is 11.4 Å². The fourth-order valence-corrected chi connectivity index (χ4v) is 4.64. The van der Waals surface area contributed by atoms with Gasteiger partial charge in [0, 0.05) is 25.9 Å². The smallest absolute Gasteiger partial charge is 0.354 e. The van der Waals surface area contributed by atoms with Gasteiger partial charge in [-0.15, -0.1) is 0 Å². The van der Waals surface area contributed by atoms with Crippen LogP contribution in [0.5, 0.6) is 5.75 Å². The van der Waals surface area contributed by atoms with E-state index in [0.717, 1.165) is 21.1 Å². The third-order valence-corrected chi connectivity index (χ3v) is 6.23. The molecule has 4 rings (SSSR count). The molecule has 0 saturated carbocycles. The predicted octanol–water partition coefficient (Wildman–Crippen LogP) is 7.57. The third kappa shape index (κ3) is 4.54. The normalized spacial score (nSPS) is 11.3. The van der Waals surface area contributed by atoms with Gasteiger partial charge in [0.15, 0.2) is 5.69 Å². The summed E-state index contributed by atoms with van der Waals surface area (Å²) in [6.45, 7) is 3.91. The van der Waals surface area contributed by atoms with Crippen LogP contribution >= 0.6 is 35.0 Å². The zero-order valence-corrected chi connectivity index (χ0v) is 19.1. The molecule has 0 bridgehead atoms. The Morgan fingerprint density at radius 1 is 0.968 bits per heavy atom. The van der Waals surface area contributed by atoms with Crippen molar-refractivity contribution in [2.24, 2.45) is 0 Å². The molecule has 7 heteroatoms. The minimum Gasteiger partial charge on any atom is -0.491 e. The Kier molecular flexibility index (Phi) is 6.19. The van der Waals surface area contributed by atoms with E-state index in [1.807, 2.05) is 80.6 Å². The highest BCUT2D eigenvalue weighted by Crippen LogP contribution is 2.38. The first kappa shape index (κ1) is 21.6. The lowest BCUT2D eigenvalue weighted by molar-refractivity contribution is 0.0689. The van der Waals surface area contributed by atoms with Gasteiger partial charge in [-0.05, 0) is 80.6 Å². The second kappa shape index (κ2) is 8.87. The van der Waals surface area contributed by atoms with Crippen molar-refractivity contribution < 1.29 is 14.6 Å². The number of hydrogen-bond donors (Lipinski definition) is 1. The zero-order valence-electron chi connectivity index (χ0n) is 16.8. The second-order valence-electron chi connectivity index (χ2n) is 7.20. The number of aromatic nitrogens is 1. The largest absolute Gasteiger partial charge is 0.491 e. The molecule has 0 aliphatic carbocycles. The number of nitrogens with zero attached hydrogens (tertiary/aromatic N) is 1. The van der Waals surface area contributed by atoms with E-state index in [1.165, 1.54) is 0 Å². The molecule has 0 amide bonds. The maximum Gasteiger partial charge on any atom is 0.354 e. The summed E-state index contributed by atoms with van der Waals surface area (Å²) in [5.74, 6) is -0.365. The monoisotopic (exact) mass is 471 g/mol. The molecular weight excluding hydrogens is 453 g/mol. The number of carbonyl (C=O) groups is 1. The highest BCUT2D eigenvalue weighted by atomic mass is 35.5. The molecule has 31 heavy (non-hydrogen) atoms. The topological polar surface area (TPSA) is 51.5 Å². The van der Waals surface area contributed by atoms with Crippen LogP contribution in [0.15, 0.2) is 76.5 Å². The van der Waals surface area contributed by atoms with Gasteiger partial charge in [0.1, 0.15) is 5.75 Å². The number of halogens is 2. The number of carboxylic acids is 1. The summed E-state index contributed by atoms with van der Waals surface area (Å²) in [4.78, 5) is 14.0. The van der Waals surface area contributed by atoms with Crippen molar-refractivity contribution >= 4 is 51.8 Å². The Morgan fingerprint density at radius 3 is 2.23 bits per heavy atom. The molecular formula is C24H19Cl2NO3S. The summed E-state index contributed by atoms with van der Waals surface area (Å²) in [6, 6.07) is 20.6. The van der Waals surface area contributed by atoms with Crippen LogP contribution in [0.2, 0.25) is 10.0 Å². The Balaban J connectivity index is 1.78.